The van der Waals surface area contributed by atoms with Crippen LogP contribution in [0.1, 0.15) is 34.9 Å². The standard InChI is InChI=1S/C20H22N6O3S/c1-25-13-19(22-14-25)30(28,29)26-11-5-6-15(12-26)16-7-4-8-17(23-16)20(27)24-18-9-2-3-10-21-18/h2-4,7-10,13-15H,5-6,11-12H2,1H3,(H,21,24,27)/t15-/m0/s1. The zero-order chi connectivity index (χ0) is 21.1. The molecule has 156 valence electrons. The molecule has 1 fully saturated rings. The van der Waals surface area contributed by atoms with Crippen LogP contribution in [0.4, 0.5) is 5.82 Å². The average Bonchev–Trinajstić information content (AvgIpc) is 3.22. The third-order valence-electron chi connectivity index (χ3n) is 5.00. The van der Waals surface area contributed by atoms with Crippen LogP contribution in [0.15, 0.2) is 60.1 Å². The van der Waals surface area contributed by atoms with Crippen LogP contribution in [0, 0.1) is 0 Å². The SMILES string of the molecule is Cn1cnc(S(=O)(=O)N2CCC[C@H](c3cccc(C(=O)Nc4ccccn4)n3)C2)c1. The van der Waals surface area contributed by atoms with E-state index in [0.717, 1.165) is 6.42 Å². The number of carbonyl (C=O) groups excluding carboxylic acids is 1. The number of nitrogens with one attached hydrogen (secondary N) is 1. The van der Waals surface area contributed by atoms with Crippen LogP contribution in [0.2, 0.25) is 0 Å². The summed E-state index contributed by atoms with van der Waals surface area (Å²) in [6.07, 6.45) is 6.08. The summed E-state index contributed by atoms with van der Waals surface area (Å²) in [5, 5.41) is 2.76. The van der Waals surface area contributed by atoms with Gasteiger partial charge in [0, 0.05) is 44.1 Å². The Morgan fingerprint density at radius 3 is 2.77 bits per heavy atom. The Balaban J connectivity index is 1.51. The first kappa shape index (κ1) is 20.2. The Hall–Kier alpha value is -3.11. The van der Waals surface area contributed by atoms with E-state index < -0.39 is 10.0 Å². The van der Waals surface area contributed by atoms with E-state index >= 15 is 0 Å². The number of amides is 1. The lowest BCUT2D eigenvalue weighted by molar-refractivity contribution is 0.102. The molecule has 0 bridgehead atoms. The highest BCUT2D eigenvalue weighted by Gasteiger charge is 2.33. The van der Waals surface area contributed by atoms with Gasteiger partial charge in [-0.15, -0.1) is 0 Å². The second kappa shape index (κ2) is 8.33. The number of carbonyl (C=O) groups is 1. The molecule has 4 heterocycles. The lowest BCUT2D eigenvalue weighted by atomic mass is 9.95. The lowest BCUT2D eigenvalue weighted by Crippen LogP contribution is -2.39. The topological polar surface area (TPSA) is 110 Å². The molecule has 1 atom stereocenters. The minimum Gasteiger partial charge on any atom is -0.339 e. The summed E-state index contributed by atoms with van der Waals surface area (Å²) >= 11 is 0. The van der Waals surface area contributed by atoms with Crippen molar-refractivity contribution in [2.75, 3.05) is 18.4 Å². The van der Waals surface area contributed by atoms with E-state index in [2.05, 4.69) is 20.3 Å². The van der Waals surface area contributed by atoms with Crippen molar-refractivity contribution >= 4 is 21.7 Å². The Morgan fingerprint density at radius 2 is 2.03 bits per heavy atom. The molecule has 1 saturated heterocycles. The van der Waals surface area contributed by atoms with E-state index in [9.17, 15) is 13.2 Å². The van der Waals surface area contributed by atoms with Crippen molar-refractivity contribution < 1.29 is 13.2 Å². The van der Waals surface area contributed by atoms with E-state index in [1.54, 1.807) is 48.1 Å². The van der Waals surface area contributed by atoms with Gasteiger partial charge in [-0.2, -0.15) is 4.31 Å². The van der Waals surface area contributed by atoms with Crippen LogP contribution in [-0.4, -0.2) is 51.2 Å². The second-order valence-electron chi connectivity index (χ2n) is 7.20. The van der Waals surface area contributed by atoms with Crippen molar-refractivity contribution in [3.63, 3.8) is 0 Å². The molecule has 9 nitrogen and oxygen atoms in total. The van der Waals surface area contributed by atoms with Gasteiger partial charge in [-0.3, -0.25) is 4.79 Å². The summed E-state index contributed by atoms with van der Waals surface area (Å²) in [6, 6.07) is 10.5. The number of aromatic nitrogens is 4. The van der Waals surface area contributed by atoms with Crippen LogP contribution < -0.4 is 5.32 Å². The fraction of sp³-hybridized carbons (Fsp3) is 0.300. The Kier molecular flexibility index (Phi) is 5.60. The van der Waals surface area contributed by atoms with Crippen LogP contribution in [0.5, 0.6) is 0 Å². The predicted molar refractivity (Wildman–Crippen MR) is 110 cm³/mol. The number of hydrogen-bond donors (Lipinski definition) is 1. The number of piperidine rings is 1. The van der Waals surface area contributed by atoms with E-state index in [4.69, 9.17) is 0 Å². The Morgan fingerprint density at radius 1 is 1.17 bits per heavy atom. The third kappa shape index (κ3) is 4.24. The minimum absolute atomic E-state index is 0.0436. The summed E-state index contributed by atoms with van der Waals surface area (Å²) in [6.45, 7) is 0.743. The number of pyridine rings is 2. The van der Waals surface area contributed by atoms with Crippen molar-refractivity contribution in [2.24, 2.45) is 7.05 Å². The first-order chi connectivity index (χ1) is 14.4. The number of aryl methyl sites for hydroxylation is 1. The molecule has 30 heavy (non-hydrogen) atoms. The number of sulfonamides is 1. The molecular weight excluding hydrogens is 404 g/mol. The molecule has 0 radical (unpaired) electrons. The number of anilines is 1. The number of hydrogen-bond acceptors (Lipinski definition) is 6. The van der Waals surface area contributed by atoms with Gasteiger partial charge in [-0.1, -0.05) is 12.1 Å². The molecule has 4 rings (SSSR count). The first-order valence-corrected chi connectivity index (χ1v) is 11.0. The van der Waals surface area contributed by atoms with Gasteiger partial charge in [-0.25, -0.2) is 23.4 Å². The molecule has 3 aromatic rings. The highest BCUT2D eigenvalue weighted by Crippen LogP contribution is 2.29. The first-order valence-electron chi connectivity index (χ1n) is 9.61. The summed E-state index contributed by atoms with van der Waals surface area (Å²) in [5.74, 6) is -0.0100. The third-order valence-corrected chi connectivity index (χ3v) is 6.75. The van der Waals surface area contributed by atoms with Gasteiger partial charge in [0.1, 0.15) is 11.5 Å². The molecule has 1 N–H and O–H groups in total. The van der Waals surface area contributed by atoms with Crippen molar-refractivity contribution in [1.82, 2.24) is 23.8 Å². The van der Waals surface area contributed by atoms with Crippen LogP contribution in [0.3, 0.4) is 0 Å². The normalized spacial score (nSPS) is 17.6. The fourth-order valence-corrected chi connectivity index (χ4v) is 4.97. The second-order valence-corrected chi connectivity index (χ2v) is 9.08. The maximum absolute atomic E-state index is 12.9. The predicted octanol–water partition coefficient (Wildman–Crippen LogP) is 2.03. The highest BCUT2D eigenvalue weighted by molar-refractivity contribution is 7.89. The van der Waals surface area contributed by atoms with E-state index in [0.29, 0.717) is 31.0 Å². The van der Waals surface area contributed by atoms with Crippen molar-refractivity contribution in [2.45, 2.75) is 23.8 Å². The summed E-state index contributed by atoms with van der Waals surface area (Å²) in [5.41, 5.74) is 0.965. The lowest BCUT2D eigenvalue weighted by Gasteiger charge is -2.31. The van der Waals surface area contributed by atoms with Gasteiger partial charge in [-0.05, 0) is 37.1 Å². The maximum Gasteiger partial charge on any atom is 0.275 e. The van der Waals surface area contributed by atoms with E-state index in [1.807, 2.05) is 6.07 Å². The van der Waals surface area contributed by atoms with Gasteiger partial charge < -0.3 is 9.88 Å². The van der Waals surface area contributed by atoms with Gasteiger partial charge in [0.25, 0.3) is 15.9 Å². The van der Waals surface area contributed by atoms with Crippen LogP contribution in [-0.2, 0) is 17.1 Å². The minimum atomic E-state index is -3.66. The van der Waals surface area contributed by atoms with Gasteiger partial charge >= 0.3 is 0 Å². The molecule has 10 heteroatoms. The number of rotatable bonds is 5. The van der Waals surface area contributed by atoms with Gasteiger partial charge in [0.05, 0.1) is 6.33 Å². The number of nitrogens with zero attached hydrogens (tertiary/aromatic N) is 5. The summed E-state index contributed by atoms with van der Waals surface area (Å²) < 4.78 is 28.9. The van der Waals surface area contributed by atoms with E-state index in [-0.39, 0.29) is 22.5 Å². The van der Waals surface area contributed by atoms with Crippen molar-refractivity contribution in [3.05, 3.63) is 66.5 Å². The molecule has 0 saturated carbocycles. The fourth-order valence-electron chi connectivity index (χ4n) is 3.48. The Labute approximate surface area is 174 Å². The van der Waals surface area contributed by atoms with Crippen molar-refractivity contribution in [3.8, 4) is 0 Å². The maximum atomic E-state index is 12.9. The highest BCUT2D eigenvalue weighted by atomic mass is 32.2. The molecule has 1 aliphatic heterocycles. The molecule has 3 aromatic heterocycles. The quantitative estimate of drug-likeness (QED) is 0.668. The zero-order valence-electron chi connectivity index (χ0n) is 16.5. The molecule has 0 spiro atoms. The zero-order valence-corrected chi connectivity index (χ0v) is 17.3. The van der Waals surface area contributed by atoms with Crippen LogP contribution >= 0.6 is 0 Å². The Bertz CT molecular complexity index is 1150. The number of imidazole rings is 1. The molecule has 0 unspecified atom stereocenters. The molecular formula is C20H22N6O3S. The van der Waals surface area contributed by atoms with Crippen LogP contribution in [0.25, 0.3) is 0 Å². The monoisotopic (exact) mass is 426 g/mol. The molecule has 0 aliphatic carbocycles. The molecule has 1 aliphatic rings. The largest absolute Gasteiger partial charge is 0.339 e. The molecule has 1 amide bonds. The van der Waals surface area contributed by atoms with Gasteiger partial charge in [0.2, 0.25) is 0 Å². The van der Waals surface area contributed by atoms with E-state index in [1.165, 1.54) is 16.8 Å². The van der Waals surface area contributed by atoms with Gasteiger partial charge in [0.15, 0.2) is 5.03 Å². The molecule has 0 aromatic carbocycles. The smallest absolute Gasteiger partial charge is 0.275 e. The van der Waals surface area contributed by atoms with Crippen molar-refractivity contribution in [1.29, 1.82) is 0 Å². The summed E-state index contributed by atoms with van der Waals surface area (Å²) in [4.78, 5) is 25.1. The summed E-state index contributed by atoms with van der Waals surface area (Å²) in [7, 11) is -1.93. The average molecular weight is 427 g/mol.